The molecular weight excluding hydrogens is 584 g/mol. The molecule has 3 atom stereocenters. The Morgan fingerprint density at radius 3 is 2.48 bits per heavy atom. The number of carboxylic acids is 1. The molecule has 2 aliphatic heterocycles. The van der Waals surface area contributed by atoms with Gasteiger partial charge >= 0.3 is 5.97 Å². The number of hydrogen-bond acceptors (Lipinski definition) is 8. The van der Waals surface area contributed by atoms with Gasteiger partial charge in [-0.2, -0.15) is 0 Å². The number of nitrogens with one attached hydrogen (secondary N) is 2. The molecule has 0 bridgehead atoms. The molecule has 3 heterocycles. The molecule has 1 aliphatic carbocycles. The van der Waals surface area contributed by atoms with Crippen molar-refractivity contribution in [1.82, 2.24) is 10.2 Å². The normalized spacial score (nSPS) is 19.8. The fraction of sp³-hybridized carbons (Fsp3) is 0.375. The first-order valence-electron chi connectivity index (χ1n) is 14.7. The molecule has 2 fully saturated rings. The van der Waals surface area contributed by atoms with Crippen molar-refractivity contribution in [1.29, 1.82) is 0 Å². The zero-order chi connectivity index (χ0) is 31.0. The van der Waals surface area contributed by atoms with E-state index in [2.05, 4.69) is 15.5 Å². The Bertz CT molecular complexity index is 1590. The molecule has 3 N–H and O–H groups in total. The summed E-state index contributed by atoms with van der Waals surface area (Å²) in [6.07, 6.45) is 1.40. The second kappa shape index (κ2) is 12.2. The Morgan fingerprint density at radius 2 is 1.75 bits per heavy atom. The van der Waals surface area contributed by atoms with Crippen molar-refractivity contribution in [3.63, 3.8) is 0 Å². The molecule has 1 aromatic heterocycles. The first kappa shape index (κ1) is 29.5. The van der Waals surface area contributed by atoms with E-state index in [1.54, 1.807) is 36.4 Å². The van der Waals surface area contributed by atoms with Crippen molar-refractivity contribution in [2.45, 2.75) is 51.2 Å². The summed E-state index contributed by atoms with van der Waals surface area (Å²) in [5.74, 6) is -0.516. The van der Waals surface area contributed by atoms with Crippen LogP contribution in [0.3, 0.4) is 0 Å². The molecular formula is C32H34N4O7S. The molecule has 12 heteroatoms. The highest BCUT2D eigenvalue weighted by Crippen LogP contribution is 2.37. The summed E-state index contributed by atoms with van der Waals surface area (Å²) in [6.45, 7) is 5.10. The molecule has 3 unspecified atom stereocenters. The summed E-state index contributed by atoms with van der Waals surface area (Å²) in [4.78, 5) is 56.0. The van der Waals surface area contributed by atoms with Gasteiger partial charge in [0.2, 0.25) is 12.7 Å². The number of carbonyl (C=O) groups excluding carboxylic acids is 3. The van der Waals surface area contributed by atoms with Gasteiger partial charge < -0.3 is 35.0 Å². The van der Waals surface area contributed by atoms with Gasteiger partial charge in [-0.15, -0.1) is 11.3 Å². The lowest BCUT2D eigenvalue weighted by Gasteiger charge is -2.46. The molecule has 44 heavy (non-hydrogen) atoms. The van der Waals surface area contributed by atoms with E-state index in [1.165, 1.54) is 11.3 Å². The number of thiophene rings is 1. The van der Waals surface area contributed by atoms with E-state index in [-0.39, 0.29) is 43.0 Å². The minimum absolute atomic E-state index is 0.0494. The summed E-state index contributed by atoms with van der Waals surface area (Å²) in [5.41, 5.74) is 2.10. The van der Waals surface area contributed by atoms with Gasteiger partial charge in [-0.05, 0) is 74.5 Å². The van der Waals surface area contributed by atoms with Gasteiger partial charge in [0.15, 0.2) is 11.5 Å². The van der Waals surface area contributed by atoms with E-state index in [1.807, 2.05) is 36.3 Å². The summed E-state index contributed by atoms with van der Waals surface area (Å²) < 4.78 is 10.8. The van der Waals surface area contributed by atoms with Crippen molar-refractivity contribution in [2.24, 2.45) is 5.92 Å². The maximum absolute atomic E-state index is 13.5. The highest BCUT2D eigenvalue weighted by atomic mass is 32.1. The average molecular weight is 619 g/mol. The van der Waals surface area contributed by atoms with E-state index in [0.717, 1.165) is 23.4 Å². The maximum atomic E-state index is 13.5. The van der Waals surface area contributed by atoms with E-state index >= 15 is 0 Å². The van der Waals surface area contributed by atoms with E-state index in [0.29, 0.717) is 41.4 Å². The van der Waals surface area contributed by atoms with E-state index in [9.17, 15) is 24.3 Å². The van der Waals surface area contributed by atoms with Crippen LogP contribution in [0.2, 0.25) is 0 Å². The third kappa shape index (κ3) is 6.21. The van der Waals surface area contributed by atoms with Crippen LogP contribution in [0.25, 0.3) is 0 Å². The van der Waals surface area contributed by atoms with Gasteiger partial charge in [-0.3, -0.25) is 19.2 Å². The van der Waals surface area contributed by atoms with Gasteiger partial charge in [0.25, 0.3) is 11.8 Å². The number of hydrogen-bond donors (Lipinski definition) is 3. The lowest BCUT2D eigenvalue weighted by atomic mass is 10.0. The van der Waals surface area contributed by atoms with Crippen LogP contribution in [-0.4, -0.2) is 65.7 Å². The minimum Gasteiger partial charge on any atom is -0.481 e. The lowest BCUT2D eigenvalue weighted by Crippen LogP contribution is -2.58. The Morgan fingerprint density at radius 1 is 0.977 bits per heavy atom. The van der Waals surface area contributed by atoms with Gasteiger partial charge in [-0.25, -0.2) is 0 Å². The maximum Gasteiger partial charge on any atom is 0.305 e. The van der Waals surface area contributed by atoms with Crippen LogP contribution < -0.4 is 25.0 Å². The Balaban J connectivity index is 1.23. The van der Waals surface area contributed by atoms with Crippen molar-refractivity contribution < 1.29 is 33.8 Å². The van der Waals surface area contributed by atoms with Crippen LogP contribution in [0.4, 0.5) is 11.4 Å². The van der Waals surface area contributed by atoms with Crippen LogP contribution in [-0.2, 0) is 9.59 Å². The molecule has 3 aliphatic rings. The Hall–Kier alpha value is -4.58. The van der Waals surface area contributed by atoms with Crippen molar-refractivity contribution in [2.75, 3.05) is 30.1 Å². The van der Waals surface area contributed by atoms with Crippen molar-refractivity contribution in [3.05, 3.63) is 69.9 Å². The predicted molar refractivity (Wildman–Crippen MR) is 164 cm³/mol. The second-order valence-corrected chi connectivity index (χ2v) is 12.5. The van der Waals surface area contributed by atoms with Gasteiger partial charge in [-0.1, -0.05) is 6.07 Å². The first-order valence-corrected chi connectivity index (χ1v) is 15.5. The average Bonchev–Trinajstić information content (AvgIpc) is 3.50. The number of nitrogens with zero attached hydrogens (tertiary/aromatic N) is 2. The third-order valence-electron chi connectivity index (χ3n) is 8.21. The monoisotopic (exact) mass is 618 g/mol. The smallest absolute Gasteiger partial charge is 0.305 e. The first-order chi connectivity index (χ1) is 21.2. The minimum atomic E-state index is -1.02. The zero-order valence-corrected chi connectivity index (χ0v) is 25.3. The number of aliphatic carboxylic acids is 1. The summed E-state index contributed by atoms with van der Waals surface area (Å²) in [5, 5.41) is 17.1. The van der Waals surface area contributed by atoms with Crippen LogP contribution in [0.15, 0.2) is 53.9 Å². The molecule has 0 spiro atoms. The second-order valence-electron chi connectivity index (χ2n) is 11.5. The van der Waals surface area contributed by atoms with Crippen LogP contribution in [0, 0.1) is 5.92 Å². The van der Waals surface area contributed by atoms with Crippen molar-refractivity contribution in [3.8, 4) is 11.5 Å². The zero-order valence-electron chi connectivity index (χ0n) is 24.4. The lowest BCUT2D eigenvalue weighted by molar-refractivity contribution is -0.137. The largest absolute Gasteiger partial charge is 0.481 e. The summed E-state index contributed by atoms with van der Waals surface area (Å²) in [7, 11) is 0. The number of carboxylic acid groups (broad SMARTS) is 1. The Labute approximate surface area is 258 Å². The molecule has 11 nitrogen and oxygen atoms in total. The highest BCUT2D eigenvalue weighted by Gasteiger charge is 2.35. The van der Waals surface area contributed by atoms with Crippen LogP contribution in [0.1, 0.15) is 64.7 Å². The van der Waals surface area contributed by atoms with Crippen molar-refractivity contribution >= 4 is 46.4 Å². The van der Waals surface area contributed by atoms with Crippen LogP contribution >= 0.6 is 11.3 Å². The summed E-state index contributed by atoms with van der Waals surface area (Å²) in [6, 6.07) is 13.0. The molecule has 1 saturated carbocycles. The SMILES string of the molecule is CC1CN(c2ccc(C(=O)NC(CC(=O)O)c3cccs3)cc2NC(=O)C2CC2)C(C)CN1C(=O)c1ccc2c(c1)OCO2. The molecule has 1 saturated heterocycles. The molecule has 230 valence electrons. The fourth-order valence-electron chi connectivity index (χ4n) is 5.68. The quantitative estimate of drug-likeness (QED) is 0.319. The number of amides is 3. The number of anilines is 2. The van der Waals surface area contributed by atoms with Gasteiger partial charge in [0, 0.05) is 47.1 Å². The summed E-state index contributed by atoms with van der Waals surface area (Å²) >= 11 is 1.38. The topological polar surface area (TPSA) is 138 Å². The van der Waals surface area contributed by atoms with Gasteiger partial charge in [0.05, 0.1) is 23.8 Å². The number of carbonyl (C=O) groups is 4. The molecule has 6 rings (SSSR count). The molecule has 3 amide bonds. The third-order valence-corrected chi connectivity index (χ3v) is 9.20. The van der Waals surface area contributed by atoms with E-state index < -0.39 is 17.9 Å². The number of benzene rings is 2. The molecule has 3 aromatic rings. The number of ether oxygens (including phenoxy) is 2. The standard InChI is InChI=1S/C32H34N4O7S/c1-18-16-36(32(41)22-8-10-26-27(13-22)43-17-42-26)19(2)15-35(18)25-9-7-21(12-23(25)33-30(39)20-5-6-20)31(40)34-24(14-29(37)38)28-4-3-11-44-28/h3-4,7-13,18-20,24H,5-6,14-17H2,1-2H3,(H,33,39)(H,34,40)(H,37,38). The highest BCUT2D eigenvalue weighted by molar-refractivity contribution is 7.10. The van der Waals surface area contributed by atoms with E-state index in [4.69, 9.17) is 9.47 Å². The number of fused-ring (bicyclic) bond motifs is 1. The molecule has 2 aromatic carbocycles. The predicted octanol–water partition coefficient (Wildman–Crippen LogP) is 4.51. The van der Waals surface area contributed by atoms with Crippen LogP contribution in [0.5, 0.6) is 11.5 Å². The molecule has 0 radical (unpaired) electrons. The fourth-order valence-corrected chi connectivity index (χ4v) is 6.46. The number of piperazine rings is 1. The van der Waals surface area contributed by atoms with Gasteiger partial charge in [0.1, 0.15) is 0 Å². The Kier molecular flexibility index (Phi) is 8.17. The number of rotatable bonds is 9.